The zero-order valence-corrected chi connectivity index (χ0v) is 15.0. The lowest BCUT2D eigenvalue weighted by molar-refractivity contribution is 0.0123. The van der Waals surface area contributed by atoms with Crippen molar-refractivity contribution in [2.75, 3.05) is 13.1 Å². The van der Waals surface area contributed by atoms with E-state index in [9.17, 15) is 0 Å². The maximum absolute atomic E-state index is 15.6. The summed E-state index contributed by atoms with van der Waals surface area (Å²) in [6, 6.07) is 9.49. The van der Waals surface area contributed by atoms with Crippen LogP contribution in [0.3, 0.4) is 0 Å². The number of piperidine rings is 1. The normalized spacial score (nSPS) is 21.2. The Bertz CT molecular complexity index is 890. The van der Waals surface area contributed by atoms with Gasteiger partial charge in [0.25, 0.3) is 5.89 Å². The molecule has 1 aliphatic heterocycles. The molecule has 1 fully saturated rings. The van der Waals surface area contributed by atoms with Gasteiger partial charge in [0.15, 0.2) is 0 Å². The minimum Gasteiger partial charge on any atom is -0.335 e. The third-order valence-corrected chi connectivity index (χ3v) is 5.09. The van der Waals surface area contributed by atoms with Crippen LogP contribution in [0.5, 0.6) is 0 Å². The van der Waals surface area contributed by atoms with Crippen LogP contribution < -0.4 is 0 Å². The van der Waals surface area contributed by atoms with E-state index in [4.69, 9.17) is 4.52 Å². The van der Waals surface area contributed by atoms with Gasteiger partial charge in [0.1, 0.15) is 0 Å². The molecule has 0 bridgehead atoms. The minimum absolute atomic E-state index is 0.0731. The van der Waals surface area contributed by atoms with Gasteiger partial charge in [0.05, 0.1) is 6.20 Å². The number of halogens is 1. The van der Waals surface area contributed by atoms with Crippen LogP contribution in [0.1, 0.15) is 30.0 Å². The summed E-state index contributed by atoms with van der Waals surface area (Å²) in [6.07, 6.45) is 2.99. The maximum atomic E-state index is 15.6. The highest BCUT2D eigenvalue weighted by molar-refractivity contribution is 5.53. The number of aromatic nitrogens is 4. The first kappa shape index (κ1) is 16.9. The zero-order chi connectivity index (χ0) is 18.1. The van der Waals surface area contributed by atoms with Crippen LogP contribution in [-0.4, -0.2) is 37.9 Å². The van der Waals surface area contributed by atoms with Gasteiger partial charge in [-0.15, -0.1) is 0 Å². The summed E-state index contributed by atoms with van der Waals surface area (Å²) in [6.45, 7) is 3.79. The van der Waals surface area contributed by atoms with Crippen LogP contribution in [-0.2, 0) is 19.3 Å². The molecule has 1 aromatic carbocycles. The minimum atomic E-state index is -1.62. The summed E-state index contributed by atoms with van der Waals surface area (Å²) >= 11 is 0. The van der Waals surface area contributed by atoms with Gasteiger partial charge in [-0.3, -0.25) is 9.58 Å². The standard InChI is InChI=1S/C19H22FN5O/c1-14-16(11-21-24(14)2)12-25-10-6-9-19(20,13-25)18-22-17(23-26-18)15-7-4-3-5-8-15/h3-5,7-8,11H,6,9-10,12-13H2,1-2H3. The second kappa shape index (κ2) is 6.64. The molecule has 3 aromatic rings. The first-order valence-corrected chi connectivity index (χ1v) is 8.83. The summed E-state index contributed by atoms with van der Waals surface area (Å²) in [7, 11) is 1.91. The summed E-state index contributed by atoms with van der Waals surface area (Å²) < 4.78 is 22.8. The van der Waals surface area contributed by atoms with Gasteiger partial charge in [-0.2, -0.15) is 10.1 Å². The smallest absolute Gasteiger partial charge is 0.265 e. The number of alkyl halides is 1. The van der Waals surface area contributed by atoms with Crippen LogP contribution in [0.2, 0.25) is 0 Å². The largest absolute Gasteiger partial charge is 0.335 e. The zero-order valence-electron chi connectivity index (χ0n) is 15.0. The molecular weight excluding hydrogens is 333 g/mol. The summed E-state index contributed by atoms with van der Waals surface area (Å²) in [5, 5.41) is 8.24. The fourth-order valence-electron chi connectivity index (χ4n) is 3.46. The lowest BCUT2D eigenvalue weighted by atomic mass is 9.94. The number of nitrogens with zero attached hydrogens (tertiary/aromatic N) is 5. The maximum Gasteiger partial charge on any atom is 0.265 e. The fourth-order valence-corrected chi connectivity index (χ4v) is 3.46. The molecule has 2 aromatic heterocycles. The van der Waals surface area contributed by atoms with E-state index in [1.165, 1.54) is 0 Å². The lowest BCUT2D eigenvalue weighted by Gasteiger charge is -2.34. The highest BCUT2D eigenvalue weighted by Gasteiger charge is 2.42. The Morgan fingerprint density at radius 2 is 2.08 bits per heavy atom. The van der Waals surface area contributed by atoms with Gasteiger partial charge in [-0.25, -0.2) is 4.39 Å². The summed E-state index contributed by atoms with van der Waals surface area (Å²) in [5.74, 6) is 0.502. The highest BCUT2D eigenvalue weighted by Crippen LogP contribution is 2.36. The third kappa shape index (κ3) is 3.14. The molecule has 1 unspecified atom stereocenters. The van der Waals surface area contributed by atoms with Crippen molar-refractivity contribution in [2.24, 2.45) is 7.05 Å². The van der Waals surface area contributed by atoms with Gasteiger partial charge >= 0.3 is 0 Å². The molecule has 0 radical (unpaired) electrons. The van der Waals surface area contributed by atoms with Crippen LogP contribution >= 0.6 is 0 Å². The van der Waals surface area contributed by atoms with E-state index in [0.717, 1.165) is 29.8 Å². The number of hydrogen-bond acceptors (Lipinski definition) is 5. The Morgan fingerprint density at radius 1 is 1.27 bits per heavy atom. The molecule has 1 atom stereocenters. The first-order chi connectivity index (χ1) is 12.5. The monoisotopic (exact) mass is 355 g/mol. The van der Waals surface area contributed by atoms with Gasteiger partial charge < -0.3 is 4.52 Å². The van der Waals surface area contributed by atoms with Crippen molar-refractivity contribution < 1.29 is 8.91 Å². The second-order valence-corrected chi connectivity index (χ2v) is 6.95. The van der Waals surface area contributed by atoms with Crippen molar-refractivity contribution >= 4 is 0 Å². The topological polar surface area (TPSA) is 60.0 Å². The highest BCUT2D eigenvalue weighted by atomic mass is 19.1. The number of aryl methyl sites for hydroxylation is 1. The van der Waals surface area contributed by atoms with Gasteiger partial charge in [0.2, 0.25) is 11.5 Å². The molecule has 4 rings (SSSR count). The molecule has 0 spiro atoms. The van der Waals surface area contributed by atoms with E-state index >= 15 is 4.39 Å². The van der Waals surface area contributed by atoms with Crippen molar-refractivity contribution in [2.45, 2.75) is 32.0 Å². The van der Waals surface area contributed by atoms with Crippen LogP contribution in [0.4, 0.5) is 4.39 Å². The molecule has 3 heterocycles. The Hall–Kier alpha value is -2.54. The molecule has 0 amide bonds. The number of rotatable bonds is 4. The van der Waals surface area contributed by atoms with Crippen molar-refractivity contribution in [1.82, 2.24) is 24.8 Å². The fraction of sp³-hybridized carbons (Fsp3) is 0.421. The summed E-state index contributed by atoms with van der Waals surface area (Å²) in [5.41, 5.74) is 1.43. The van der Waals surface area contributed by atoms with E-state index < -0.39 is 5.67 Å². The number of likely N-dealkylation sites (tertiary alicyclic amines) is 1. The van der Waals surface area contributed by atoms with Crippen molar-refractivity contribution in [1.29, 1.82) is 0 Å². The molecule has 0 aliphatic carbocycles. The van der Waals surface area contributed by atoms with Crippen molar-refractivity contribution in [3.8, 4) is 11.4 Å². The van der Waals surface area contributed by atoms with Crippen LogP contribution in [0, 0.1) is 6.92 Å². The first-order valence-electron chi connectivity index (χ1n) is 8.83. The Kier molecular flexibility index (Phi) is 4.32. The van der Waals surface area contributed by atoms with Crippen molar-refractivity contribution in [3.63, 3.8) is 0 Å². The average Bonchev–Trinajstić information content (AvgIpc) is 3.26. The molecule has 7 heteroatoms. The van der Waals surface area contributed by atoms with E-state index in [1.807, 2.05) is 55.2 Å². The van der Waals surface area contributed by atoms with Crippen LogP contribution in [0.15, 0.2) is 41.1 Å². The molecule has 0 N–H and O–H groups in total. The molecular formula is C19H22FN5O. The van der Waals surface area contributed by atoms with Crippen molar-refractivity contribution in [3.05, 3.63) is 53.7 Å². The Morgan fingerprint density at radius 3 is 2.81 bits per heavy atom. The lowest BCUT2D eigenvalue weighted by Crippen LogP contribution is -2.43. The Labute approximate surface area is 151 Å². The molecule has 1 aliphatic rings. The third-order valence-electron chi connectivity index (χ3n) is 5.09. The van der Waals surface area contributed by atoms with E-state index in [2.05, 4.69) is 20.1 Å². The van der Waals surface area contributed by atoms with Gasteiger partial charge in [-0.1, -0.05) is 35.5 Å². The van der Waals surface area contributed by atoms with Gasteiger partial charge in [0, 0.05) is 37.0 Å². The quantitative estimate of drug-likeness (QED) is 0.719. The second-order valence-electron chi connectivity index (χ2n) is 6.95. The SMILES string of the molecule is Cc1c(CN2CCCC(F)(c3nc(-c4ccccc4)no3)C2)cnn1C. The molecule has 26 heavy (non-hydrogen) atoms. The molecule has 1 saturated heterocycles. The predicted molar refractivity (Wildman–Crippen MR) is 95.0 cm³/mol. The van der Waals surface area contributed by atoms with E-state index in [1.54, 1.807) is 0 Å². The number of benzene rings is 1. The van der Waals surface area contributed by atoms with E-state index in [0.29, 0.717) is 18.8 Å². The molecule has 0 saturated carbocycles. The number of hydrogen-bond donors (Lipinski definition) is 0. The van der Waals surface area contributed by atoms with Crippen LogP contribution in [0.25, 0.3) is 11.4 Å². The summed E-state index contributed by atoms with van der Waals surface area (Å²) in [4.78, 5) is 6.44. The Balaban J connectivity index is 1.52. The molecule has 6 nitrogen and oxygen atoms in total. The molecule has 136 valence electrons. The average molecular weight is 355 g/mol. The van der Waals surface area contributed by atoms with E-state index in [-0.39, 0.29) is 12.4 Å². The van der Waals surface area contributed by atoms with Gasteiger partial charge in [-0.05, 0) is 26.3 Å². The predicted octanol–water partition coefficient (Wildman–Crippen LogP) is 3.24.